The summed E-state index contributed by atoms with van der Waals surface area (Å²) >= 11 is 0. The zero-order valence-corrected chi connectivity index (χ0v) is 23.6. The second-order valence-corrected chi connectivity index (χ2v) is 11.4. The predicted octanol–water partition coefficient (Wildman–Crippen LogP) is 3.43. The van der Waals surface area contributed by atoms with Crippen molar-refractivity contribution in [3.8, 4) is 11.5 Å². The zero-order valence-electron chi connectivity index (χ0n) is 22.7. The van der Waals surface area contributed by atoms with Gasteiger partial charge in [-0.15, -0.1) is 0 Å². The first-order valence-corrected chi connectivity index (χ1v) is 14.6. The number of hydrogen-bond acceptors (Lipinski definition) is 8. The van der Waals surface area contributed by atoms with Gasteiger partial charge in [-0.1, -0.05) is 12.1 Å². The number of aromatic amines is 2. The van der Waals surface area contributed by atoms with Crippen LogP contribution in [0.1, 0.15) is 42.8 Å². The number of nitrogens with zero attached hydrogens (tertiary/aromatic N) is 2. The summed E-state index contributed by atoms with van der Waals surface area (Å²) in [6, 6.07) is 8.62. The number of nitrogens with one attached hydrogen (secondary N) is 2. The first kappa shape index (κ1) is 28.9. The standard InChI is InChI=1S/C23H25BN3O6P.C5H11N/c1-27-10-4-9-19(27)23(29,30)14-12-26-16-6-3-8-18(21(14)16)33-34(31)32-17-7-2-5-15-20(17)13(11-25-15)22(24)28;1-6-4-2-3-5-6/h2-3,5-8,11-12,19,22,25-26,28-31H,4,9-10H2,1H3;2-5H2,1H3/t19-,22?,34?;/m1./s1. The van der Waals surface area contributed by atoms with E-state index in [0.29, 0.717) is 39.5 Å². The van der Waals surface area contributed by atoms with Crippen molar-refractivity contribution in [2.75, 3.05) is 33.7 Å². The Morgan fingerprint density at radius 1 is 0.925 bits per heavy atom. The SMILES string of the molecule is CN1CCCC1.[B]C(O)c1c[nH]c2cccc(OP(O)Oc3cccc4[nH]cc(C(O)(O)[C@H]5CCCN5C)c34)c12. The lowest BCUT2D eigenvalue weighted by Gasteiger charge is -2.33. The summed E-state index contributed by atoms with van der Waals surface area (Å²) in [5, 5.41) is 33.1. The molecule has 2 unspecified atom stereocenters. The average Bonchev–Trinajstić information content (AvgIpc) is 3.71. The van der Waals surface area contributed by atoms with Crippen LogP contribution in [0, 0.1) is 0 Å². The molecule has 12 heteroatoms. The molecular formula is C28H36BN4O6P. The van der Waals surface area contributed by atoms with Crippen LogP contribution in [0.3, 0.4) is 0 Å². The topological polar surface area (TPSA) is 137 Å². The fourth-order valence-electron chi connectivity index (χ4n) is 5.66. The summed E-state index contributed by atoms with van der Waals surface area (Å²) in [7, 11) is 7.22. The lowest BCUT2D eigenvalue weighted by molar-refractivity contribution is -0.206. The van der Waals surface area contributed by atoms with Crippen molar-refractivity contribution in [3.63, 3.8) is 0 Å². The van der Waals surface area contributed by atoms with Crippen molar-refractivity contribution in [2.45, 2.75) is 43.5 Å². The quantitative estimate of drug-likeness (QED) is 0.114. The highest BCUT2D eigenvalue weighted by molar-refractivity contribution is 7.41. The predicted molar refractivity (Wildman–Crippen MR) is 156 cm³/mol. The van der Waals surface area contributed by atoms with Gasteiger partial charge in [0.1, 0.15) is 19.3 Å². The van der Waals surface area contributed by atoms with E-state index in [1.165, 1.54) is 25.9 Å². The Morgan fingerprint density at radius 2 is 1.52 bits per heavy atom. The Balaban J connectivity index is 0.000000477. The van der Waals surface area contributed by atoms with E-state index in [4.69, 9.17) is 16.9 Å². The molecule has 2 aliphatic rings. The van der Waals surface area contributed by atoms with Crippen LogP contribution >= 0.6 is 8.60 Å². The molecule has 2 aromatic heterocycles. The third-order valence-corrected chi connectivity index (χ3v) is 8.45. The van der Waals surface area contributed by atoms with Gasteiger partial charge in [-0.3, -0.25) is 4.90 Å². The van der Waals surface area contributed by atoms with Gasteiger partial charge in [0.05, 0.1) is 11.4 Å². The smallest absolute Gasteiger partial charge is 0.417 e. The summed E-state index contributed by atoms with van der Waals surface area (Å²) in [6.07, 6.45) is 7.48. The highest BCUT2D eigenvalue weighted by Crippen LogP contribution is 2.45. The maximum atomic E-state index is 11.1. The van der Waals surface area contributed by atoms with E-state index < -0.39 is 26.4 Å². The number of likely N-dealkylation sites (tertiary alicyclic amines) is 2. The summed E-state index contributed by atoms with van der Waals surface area (Å²) in [5.74, 6) is -1.58. The van der Waals surface area contributed by atoms with Gasteiger partial charge in [-0.2, -0.15) is 0 Å². The molecule has 4 aromatic rings. The normalized spacial score (nSPS) is 20.0. The Morgan fingerprint density at radius 3 is 2.08 bits per heavy atom. The monoisotopic (exact) mass is 566 g/mol. The maximum absolute atomic E-state index is 11.1. The summed E-state index contributed by atoms with van der Waals surface area (Å²) in [5.41, 5.74) is 2.00. The number of likely N-dealkylation sites (N-methyl/N-ethyl adjacent to an activating group) is 1. The van der Waals surface area contributed by atoms with Gasteiger partial charge in [0.2, 0.25) is 5.79 Å². The third kappa shape index (κ3) is 5.87. The molecule has 4 heterocycles. The van der Waals surface area contributed by atoms with Gasteiger partial charge in [0.25, 0.3) is 0 Å². The molecule has 2 radical (unpaired) electrons. The molecule has 0 aliphatic carbocycles. The zero-order chi connectivity index (χ0) is 28.4. The minimum Gasteiger partial charge on any atom is -0.417 e. The van der Waals surface area contributed by atoms with Crippen molar-refractivity contribution >= 4 is 38.3 Å². The largest absolute Gasteiger partial charge is 0.460 e. The van der Waals surface area contributed by atoms with Crippen LogP contribution in [0.2, 0.25) is 0 Å². The van der Waals surface area contributed by atoms with Crippen LogP contribution in [-0.4, -0.2) is 87.6 Å². The van der Waals surface area contributed by atoms with Crippen molar-refractivity contribution < 1.29 is 29.3 Å². The molecule has 10 nitrogen and oxygen atoms in total. The van der Waals surface area contributed by atoms with Gasteiger partial charge in [0.15, 0.2) is 0 Å². The Bertz CT molecular complexity index is 1440. The molecule has 0 amide bonds. The molecule has 2 aromatic carbocycles. The van der Waals surface area contributed by atoms with Crippen LogP contribution < -0.4 is 9.05 Å². The Labute approximate surface area is 235 Å². The molecule has 40 heavy (non-hydrogen) atoms. The van der Waals surface area contributed by atoms with E-state index in [9.17, 15) is 20.2 Å². The number of rotatable bonds is 7. The molecule has 2 saturated heterocycles. The average molecular weight is 566 g/mol. The van der Waals surface area contributed by atoms with Crippen molar-refractivity contribution in [1.82, 2.24) is 19.8 Å². The minimum absolute atomic E-state index is 0.246. The van der Waals surface area contributed by atoms with Crippen molar-refractivity contribution in [1.29, 1.82) is 0 Å². The number of benzene rings is 2. The van der Waals surface area contributed by atoms with Crippen LogP contribution in [0.15, 0.2) is 48.8 Å². The van der Waals surface area contributed by atoms with E-state index in [-0.39, 0.29) is 11.3 Å². The molecular weight excluding hydrogens is 530 g/mol. The first-order valence-electron chi connectivity index (χ1n) is 13.5. The fraction of sp³-hybridized carbons (Fsp3) is 0.429. The molecule has 6 N–H and O–H groups in total. The highest BCUT2D eigenvalue weighted by atomic mass is 31.2. The van der Waals surface area contributed by atoms with Crippen LogP contribution in [-0.2, 0) is 5.79 Å². The van der Waals surface area contributed by atoms with E-state index in [1.807, 2.05) is 11.9 Å². The lowest BCUT2D eigenvalue weighted by Crippen LogP contribution is -2.45. The van der Waals surface area contributed by atoms with E-state index in [0.717, 1.165) is 13.0 Å². The van der Waals surface area contributed by atoms with Crippen molar-refractivity contribution in [3.05, 3.63) is 59.9 Å². The van der Waals surface area contributed by atoms with Gasteiger partial charge >= 0.3 is 8.60 Å². The molecule has 0 spiro atoms. The lowest BCUT2D eigenvalue weighted by atomic mass is 9.92. The minimum atomic E-state index is -2.46. The molecule has 0 bridgehead atoms. The number of aliphatic hydroxyl groups is 3. The Kier molecular flexibility index (Phi) is 8.73. The number of aliphatic hydroxyl groups excluding tert-OH is 1. The molecule has 2 aliphatic heterocycles. The highest BCUT2D eigenvalue weighted by Gasteiger charge is 2.43. The number of aromatic nitrogens is 2. The van der Waals surface area contributed by atoms with Gasteiger partial charge in [0, 0.05) is 45.9 Å². The third-order valence-electron chi connectivity index (χ3n) is 7.75. The van der Waals surface area contributed by atoms with E-state index in [1.54, 1.807) is 48.8 Å². The molecule has 0 saturated carbocycles. The summed E-state index contributed by atoms with van der Waals surface area (Å²) in [6.45, 7) is 3.42. The second-order valence-electron chi connectivity index (χ2n) is 10.5. The van der Waals surface area contributed by atoms with Gasteiger partial charge in [-0.05, 0) is 83.7 Å². The number of fused-ring (bicyclic) bond motifs is 2. The van der Waals surface area contributed by atoms with Crippen LogP contribution in [0.5, 0.6) is 11.5 Å². The number of hydrogen-bond donors (Lipinski definition) is 6. The molecule has 6 rings (SSSR count). The first-order chi connectivity index (χ1) is 19.2. The summed E-state index contributed by atoms with van der Waals surface area (Å²) < 4.78 is 11.5. The molecule has 212 valence electrons. The molecule has 3 atom stereocenters. The van der Waals surface area contributed by atoms with Crippen LogP contribution in [0.25, 0.3) is 21.8 Å². The van der Waals surface area contributed by atoms with E-state index in [2.05, 4.69) is 21.9 Å². The van der Waals surface area contributed by atoms with Gasteiger partial charge in [-0.25, -0.2) is 0 Å². The van der Waals surface area contributed by atoms with Gasteiger partial charge < -0.3 is 44.1 Å². The van der Waals surface area contributed by atoms with Crippen molar-refractivity contribution in [2.24, 2.45) is 0 Å². The van der Waals surface area contributed by atoms with Crippen LogP contribution in [0.4, 0.5) is 0 Å². The Hall–Kier alpha value is -2.63. The number of H-pyrrole nitrogens is 2. The molecule has 2 fully saturated rings. The second kappa shape index (κ2) is 12.1. The maximum Gasteiger partial charge on any atom is 0.460 e. The summed E-state index contributed by atoms with van der Waals surface area (Å²) in [4.78, 5) is 21.0. The fourth-order valence-corrected chi connectivity index (χ4v) is 6.34. The van der Waals surface area contributed by atoms with E-state index >= 15 is 0 Å².